The predicted octanol–water partition coefficient (Wildman–Crippen LogP) is 1.44. The van der Waals surface area contributed by atoms with Crippen LogP contribution in [-0.2, 0) is 4.79 Å². The van der Waals surface area contributed by atoms with Crippen LogP contribution in [0.5, 0.6) is 0 Å². The first-order chi connectivity index (χ1) is 11.8. The summed E-state index contributed by atoms with van der Waals surface area (Å²) in [4.78, 5) is 17.3. The molecule has 0 spiro atoms. The molecule has 2 saturated heterocycles. The Hall–Kier alpha value is -1.69. The molecule has 1 N–H and O–H groups in total. The van der Waals surface area contributed by atoms with E-state index in [0.717, 1.165) is 50.8 Å². The lowest BCUT2D eigenvalue weighted by Gasteiger charge is -2.25. The highest BCUT2D eigenvalue weighted by molar-refractivity contribution is 5.82. The van der Waals surface area contributed by atoms with E-state index >= 15 is 0 Å². The summed E-state index contributed by atoms with van der Waals surface area (Å²) in [5.74, 6) is 1.94. The summed E-state index contributed by atoms with van der Waals surface area (Å²) in [6, 6.07) is 4.53. The fraction of sp³-hybridized carbons (Fsp3) is 0.722. The lowest BCUT2D eigenvalue weighted by atomic mass is 9.85. The van der Waals surface area contributed by atoms with Gasteiger partial charge >= 0.3 is 0 Å². The maximum atomic E-state index is 13.0. The molecule has 3 heterocycles. The topological polar surface area (TPSA) is 61.4 Å². The Morgan fingerprint density at radius 2 is 2.04 bits per heavy atom. The van der Waals surface area contributed by atoms with Crippen LogP contribution < -0.4 is 10.2 Å². The molecule has 3 atom stereocenters. The maximum absolute atomic E-state index is 13.0. The minimum absolute atomic E-state index is 0.0427. The maximum Gasteiger partial charge on any atom is 0.239 e. The molecule has 6 heteroatoms. The summed E-state index contributed by atoms with van der Waals surface area (Å²) in [7, 11) is 0. The average Bonchev–Trinajstić information content (AvgIpc) is 2.91. The lowest BCUT2D eigenvalue weighted by molar-refractivity contribution is -0.133. The minimum Gasteiger partial charge on any atom is -0.353 e. The van der Waals surface area contributed by atoms with Crippen LogP contribution in [0.25, 0.3) is 0 Å². The van der Waals surface area contributed by atoms with Crippen LogP contribution in [0.1, 0.15) is 38.5 Å². The number of rotatable bonds is 2. The van der Waals surface area contributed by atoms with Gasteiger partial charge in [-0.05, 0) is 43.7 Å². The monoisotopic (exact) mass is 329 g/mol. The molecule has 1 aromatic rings. The Labute approximate surface area is 143 Å². The van der Waals surface area contributed by atoms with Crippen LogP contribution in [-0.4, -0.2) is 59.3 Å². The minimum atomic E-state index is 0.0427. The zero-order chi connectivity index (χ0) is 16.4. The molecule has 1 aromatic heterocycles. The van der Waals surface area contributed by atoms with E-state index in [1.54, 1.807) is 6.20 Å². The lowest BCUT2D eigenvalue weighted by Crippen LogP contribution is -2.46. The van der Waals surface area contributed by atoms with Gasteiger partial charge in [0.25, 0.3) is 0 Å². The summed E-state index contributed by atoms with van der Waals surface area (Å²) in [5, 5.41) is 11.8. The molecule has 3 aliphatic rings. The summed E-state index contributed by atoms with van der Waals surface area (Å²) >= 11 is 0. The van der Waals surface area contributed by atoms with Crippen LogP contribution in [0.15, 0.2) is 18.3 Å². The number of nitrogens with one attached hydrogen (secondary N) is 1. The molecular formula is C18H27N5O. The van der Waals surface area contributed by atoms with Crippen molar-refractivity contribution in [2.45, 2.75) is 50.6 Å². The molecule has 3 unspecified atom stereocenters. The molecule has 130 valence electrons. The van der Waals surface area contributed by atoms with Crippen molar-refractivity contribution >= 4 is 11.7 Å². The second-order valence-electron chi connectivity index (χ2n) is 7.35. The van der Waals surface area contributed by atoms with Crippen molar-refractivity contribution in [1.82, 2.24) is 20.4 Å². The standard InChI is InChI=1S/C18H27N5O/c24-18(16-13-14-5-1-2-6-15(14)20-16)23-10-4-9-22(11-12-23)17-7-3-8-19-21-17/h3,7-8,14-16,20H,1-2,4-6,9-13H2. The van der Waals surface area contributed by atoms with Gasteiger partial charge < -0.3 is 15.1 Å². The number of anilines is 1. The molecule has 0 radical (unpaired) electrons. The molecule has 1 aliphatic carbocycles. The normalized spacial score (nSPS) is 30.8. The van der Waals surface area contributed by atoms with Gasteiger partial charge in [-0.1, -0.05) is 12.8 Å². The van der Waals surface area contributed by atoms with Gasteiger partial charge in [0.1, 0.15) is 0 Å². The first-order valence-corrected chi connectivity index (χ1v) is 9.39. The third-order valence-electron chi connectivity index (χ3n) is 5.85. The van der Waals surface area contributed by atoms with Gasteiger partial charge in [0.15, 0.2) is 5.82 Å². The second-order valence-corrected chi connectivity index (χ2v) is 7.35. The first-order valence-electron chi connectivity index (χ1n) is 9.39. The van der Waals surface area contributed by atoms with Gasteiger partial charge in [0, 0.05) is 38.4 Å². The number of hydrogen-bond donors (Lipinski definition) is 1. The van der Waals surface area contributed by atoms with Gasteiger partial charge in [-0.2, -0.15) is 5.10 Å². The quantitative estimate of drug-likeness (QED) is 0.889. The molecule has 4 rings (SSSR count). The molecular weight excluding hydrogens is 302 g/mol. The van der Waals surface area contributed by atoms with Crippen molar-refractivity contribution in [2.75, 3.05) is 31.1 Å². The number of carbonyl (C=O) groups excluding carboxylic acids is 1. The summed E-state index contributed by atoms with van der Waals surface area (Å²) in [5.41, 5.74) is 0. The average molecular weight is 329 g/mol. The summed E-state index contributed by atoms with van der Waals surface area (Å²) < 4.78 is 0. The third kappa shape index (κ3) is 3.24. The van der Waals surface area contributed by atoms with Crippen LogP contribution in [0.4, 0.5) is 5.82 Å². The van der Waals surface area contributed by atoms with E-state index in [4.69, 9.17) is 0 Å². The number of nitrogens with zero attached hydrogens (tertiary/aromatic N) is 4. The van der Waals surface area contributed by atoms with E-state index in [1.807, 2.05) is 12.1 Å². The number of amides is 1. The second kappa shape index (κ2) is 7.05. The Balaban J connectivity index is 1.36. The van der Waals surface area contributed by atoms with E-state index < -0.39 is 0 Å². The van der Waals surface area contributed by atoms with Crippen molar-refractivity contribution in [3.05, 3.63) is 18.3 Å². The van der Waals surface area contributed by atoms with Crippen molar-refractivity contribution < 1.29 is 4.79 Å². The number of aromatic nitrogens is 2. The van der Waals surface area contributed by atoms with E-state index in [2.05, 4.69) is 25.3 Å². The summed E-state index contributed by atoms with van der Waals surface area (Å²) in [6.45, 7) is 3.40. The molecule has 1 amide bonds. The van der Waals surface area contributed by atoms with E-state index in [0.29, 0.717) is 11.9 Å². The fourth-order valence-corrected chi connectivity index (χ4v) is 4.56. The van der Waals surface area contributed by atoms with Crippen molar-refractivity contribution in [1.29, 1.82) is 0 Å². The van der Waals surface area contributed by atoms with Crippen LogP contribution in [0, 0.1) is 5.92 Å². The molecule has 2 aliphatic heterocycles. The van der Waals surface area contributed by atoms with Gasteiger partial charge in [-0.3, -0.25) is 4.79 Å². The third-order valence-corrected chi connectivity index (χ3v) is 5.85. The SMILES string of the molecule is O=C(C1CC2CCCCC2N1)N1CCCN(c2cccnn2)CC1. The van der Waals surface area contributed by atoms with Crippen LogP contribution in [0.3, 0.4) is 0 Å². The number of carbonyl (C=O) groups is 1. The van der Waals surface area contributed by atoms with Crippen molar-refractivity contribution in [3.8, 4) is 0 Å². The number of fused-ring (bicyclic) bond motifs is 1. The van der Waals surface area contributed by atoms with Gasteiger partial charge in [0.2, 0.25) is 5.91 Å². The summed E-state index contributed by atoms with van der Waals surface area (Å²) in [6.07, 6.45) is 8.90. The first kappa shape index (κ1) is 15.8. The predicted molar refractivity (Wildman–Crippen MR) is 92.7 cm³/mol. The molecule has 3 fully saturated rings. The highest BCUT2D eigenvalue weighted by atomic mass is 16.2. The smallest absolute Gasteiger partial charge is 0.239 e. The van der Waals surface area contributed by atoms with Gasteiger partial charge in [0.05, 0.1) is 6.04 Å². The Bertz CT molecular complexity index is 552. The zero-order valence-corrected chi connectivity index (χ0v) is 14.2. The number of hydrogen-bond acceptors (Lipinski definition) is 5. The Kier molecular flexibility index (Phi) is 4.65. The fourth-order valence-electron chi connectivity index (χ4n) is 4.56. The van der Waals surface area contributed by atoms with E-state index in [-0.39, 0.29) is 6.04 Å². The molecule has 24 heavy (non-hydrogen) atoms. The molecule has 0 aromatic carbocycles. The van der Waals surface area contributed by atoms with E-state index in [1.165, 1.54) is 25.7 Å². The van der Waals surface area contributed by atoms with Crippen molar-refractivity contribution in [2.24, 2.45) is 5.92 Å². The molecule has 0 bridgehead atoms. The Morgan fingerprint density at radius 3 is 2.88 bits per heavy atom. The van der Waals surface area contributed by atoms with Gasteiger partial charge in [-0.25, -0.2) is 0 Å². The van der Waals surface area contributed by atoms with Crippen LogP contribution in [0.2, 0.25) is 0 Å². The van der Waals surface area contributed by atoms with Crippen molar-refractivity contribution in [3.63, 3.8) is 0 Å². The van der Waals surface area contributed by atoms with Crippen LogP contribution >= 0.6 is 0 Å². The Morgan fingerprint density at radius 1 is 1.12 bits per heavy atom. The highest BCUT2D eigenvalue weighted by Crippen LogP contribution is 2.33. The molecule has 6 nitrogen and oxygen atoms in total. The highest BCUT2D eigenvalue weighted by Gasteiger charge is 2.39. The van der Waals surface area contributed by atoms with E-state index in [9.17, 15) is 4.79 Å². The zero-order valence-electron chi connectivity index (χ0n) is 14.2. The molecule has 1 saturated carbocycles. The largest absolute Gasteiger partial charge is 0.353 e. The van der Waals surface area contributed by atoms with Gasteiger partial charge in [-0.15, -0.1) is 5.10 Å².